The van der Waals surface area contributed by atoms with Crippen LogP contribution in [0.3, 0.4) is 0 Å². The van der Waals surface area contributed by atoms with Gasteiger partial charge in [0.05, 0.1) is 11.7 Å². The Hall–Kier alpha value is -1.62. The number of pyridine rings is 1. The van der Waals surface area contributed by atoms with E-state index >= 15 is 0 Å². The minimum Gasteiger partial charge on any atom is -0.475 e. The zero-order chi connectivity index (χ0) is 20.1. The highest BCUT2D eigenvalue weighted by atomic mass is 16.5. The number of carbonyl (C=O) groups excluding carboxylic acids is 1. The zero-order valence-corrected chi connectivity index (χ0v) is 17.7. The highest BCUT2D eigenvalue weighted by Gasteiger charge is 2.51. The van der Waals surface area contributed by atoms with Crippen molar-refractivity contribution >= 4 is 5.91 Å². The summed E-state index contributed by atoms with van der Waals surface area (Å²) in [6.07, 6.45) is 7.98. The molecule has 1 aromatic rings. The smallest absolute Gasteiger partial charge is 0.225 e. The molecule has 1 saturated heterocycles. The van der Waals surface area contributed by atoms with E-state index < -0.39 is 5.60 Å². The van der Waals surface area contributed by atoms with Gasteiger partial charge in [0.15, 0.2) is 0 Å². The second-order valence-electron chi connectivity index (χ2n) is 10.1. The van der Waals surface area contributed by atoms with E-state index in [0.29, 0.717) is 24.2 Å². The summed E-state index contributed by atoms with van der Waals surface area (Å²) in [6.45, 7) is 9.84. The Morgan fingerprint density at radius 3 is 2.50 bits per heavy atom. The van der Waals surface area contributed by atoms with E-state index in [9.17, 15) is 9.90 Å². The fourth-order valence-corrected chi connectivity index (χ4v) is 5.53. The number of nitrogens with zero attached hydrogens (tertiary/aromatic N) is 2. The lowest BCUT2D eigenvalue weighted by Gasteiger charge is -2.55. The fraction of sp³-hybridized carbons (Fsp3) is 0.739. The molecule has 2 saturated carbocycles. The molecule has 1 amide bonds. The summed E-state index contributed by atoms with van der Waals surface area (Å²) in [4.78, 5) is 19.0. The van der Waals surface area contributed by atoms with Gasteiger partial charge in [-0.2, -0.15) is 0 Å². The fourth-order valence-electron chi connectivity index (χ4n) is 5.53. The van der Waals surface area contributed by atoms with Gasteiger partial charge in [-0.1, -0.05) is 0 Å². The van der Waals surface area contributed by atoms with Crippen LogP contribution in [0.5, 0.6) is 5.88 Å². The first-order valence-electron chi connectivity index (χ1n) is 10.8. The Balaban J connectivity index is 1.32. The molecule has 154 valence electrons. The molecule has 1 spiro atoms. The molecule has 1 N–H and O–H groups in total. The normalized spacial score (nSPS) is 29.5. The van der Waals surface area contributed by atoms with Crippen molar-refractivity contribution in [2.75, 3.05) is 13.1 Å². The summed E-state index contributed by atoms with van der Waals surface area (Å²) in [5, 5.41) is 9.89. The number of ether oxygens (including phenoxy) is 1. The molecule has 0 aromatic carbocycles. The predicted molar refractivity (Wildman–Crippen MR) is 108 cm³/mol. The molecule has 2 aliphatic carbocycles. The van der Waals surface area contributed by atoms with Gasteiger partial charge in [-0.3, -0.25) is 4.79 Å². The molecule has 1 aromatic heterocycles. The number of hydrogen-bond donors (Lipinski definition) is 1. The zero-order valence-electron chi connectivity index (χ0n) is 17.7. The van der Waals surface area contributed by atoms with E-state index in [0.717, 1.165) is 19.0 Å². The summed E-state index contributed by atoms with van der Waals surface area (Å²) in [6, 6.07) is 2.16. The quantitative estimate of drug-likeness (QED) is 0.854. The van der Waals surface area contributed by atoms with E-state index in [1.165, 1.54) is 36.8 Å². The number of amides is 1. The highest BCUT2D eigenvalue weighted by Crippen LogP contribution is 2.50. The van der Waals surface area contributed by atoms with Crippen molar-refractivity contribution < 1.29 is 14.6 Å². The van der Waals surface area contributed by atoms with Crippen molar-refractivity contribution in [3.8, 4) is 5.88 Å². The average Bonchev–Trinajstić information content (AvgIpc) is 2.59. The maximum atomic E-state index is 12.6. The molecule has 1 aliphatic heterocycles. The van der Waals surface area contributed by atoms with E-state index in [4.69, 9.17) is 4.74 Å². The van der Waals surface area contributed by atoms with Crippen LogP contribution in [-0.2, 0) is 4.79 Å². The molecule has 3 fully saturated rings. The topological polar surface area (TPSA) is 62.7 Å². The Labute approximate surface area is 168 Å². The van der Waals surface area contributed by atoms with Crippen LogP contribution in [0, 0.1) is 18.3 Å². The molecule has 2 heterocycles. The second kappa shape index (κ2) is 7.01. The van der Waals surface area contributed by atoms with Crippen molar-refractivity contribution in [1.29, 1.82) is 0 Å². The summed E-state index contributed by atoms with van der Waals surface area (Å²) in [5.41, 5.74) is 2.27. The van der Waals surface area contributed by atoms with Crippen LogP contribution in [-0.4, -0.2) is 45.7 Å². The van der Waals surface area contributed by atoms with Gasteiger partial charge in [-0.25, -0.2) is 4.98 Å². The minimum absolute atomic E-state index is 0.0440. The summed E-state index contributed by atoms with van der Waals surface area (Å²) in [5.74, 6) is 1.64. The molecule has 3 aliphatic rings. The lowest BCUT2D eigenvalue weighted by atomic mass is 9.63. The van der Waals surface area contributed by atoms with Crippen LogP contribution >= 0.6 is 0 Å². The third-order valence-electron chi connectivity index (χ3n) is 7.12. The van der Waals surface area contributed by atoms with Gasteiger partial charge < -0.3 is 14.7 Å². The Bertz CT molecular complexity index is 734. The largest absolute Gasteiger partial charge is 0.475 e. The SMILES string of the molecule is Cc1c(C2CCC3(CC2)CN(C(=O)C2CC(C)(O)C2)C3)ccnc1OC(C)C. The lowest BCUT2D eigenvalue weighted by molar-refractivity contribution is -0.163. The third kappa shape index (κ3) is 3.66. The number of aromatic nitrogens is 1. The number of aliphatic hydroxyl groups is 1. The summed E-state index contributed by atoms with van der Waals surface area (Å²) in [7, 11) is 0. The molecule has 28 heavy (non-hydrogen) atoms. The number of carbonyl (C=O) groups is 1. The predicted octanol–water partition coefficient (Wildman–Crippen LogP) is 3.82. The monoisotopic (exact) mass is 386 g/mol. The van der Waals surface area contributed by atoms with Crippen LogP contribution in [0.4, 0.5) is 0 Å². The first kappa shape index (κ1) is 19.7. The van der Waals surface area contributed by atoms with Crippen molar-refractivity contribution in [3.63, 3.8) is 0 Å². The van der Waals surface area contributed by atoms with E-state index in [1.54, 1.807) is 0 Å². The van der Waals surface area contributed by atoms with Gasteiger partial charge in [0.1, 0.15) is 0 Å². The maximum absolute atomic E-state index is 12.6. The molecule has 4 rings (SSSR count). The number of likely N-dealkylation sites (tertiary alicyclic amines) is 1. The van der Waals surface area contributed by atoms with Gasteiger partial charge in [-0.05, 0) is 83.8 Å². The molecule has 0 bridgehead atoms. The number of rotatable bonds is 4. The molecular weight excluding hydrogens is 352 g/mol. The van der Waals surface area contributed by atoms with Crippen molar-refractivity contribution in [2.45, 2.75) is 83.8 Å². The second-order valence-corrected chi connectivity index (χ2v) is 10.1. The average molecular weight is 387 g/mol. The highest BCUT2D eigenvalue weighted by molar-refractivity contribution is 5.81. The number of hydrogen-bond acceptors (Lipinski definition) is 4. The minimum atomic E-state index is -0.624. The standard InChI is InChI=1S/C23H34N2O3/c1-15(2)28-20-16(3)19(7-10-24-20)17-5-8-23(9-6-17)13-25(14-23)21(26)18-11-22(4,27)12-18/h7,10,15,17-18,27H,5-6,8-9,11-14H2,1-4H3. The van der Waals surface area contributed by atoms with Gasteiger partial charge in [0.2, 0.25) is 11.8 Å². The van der Waals surface area contributed by atoms with Crippen molar-refractivity contribution in [2.24, 2.45) is 11.3 Å². The summed E-state index contributed by atoms with van der Waals surface area (Å²) < 4.78 is 5.87. The third-order valence-corrected chi connectivity index (χ3v) is 7.12. The van der Waals surface area contributed by atoms with E-state index in [-0.39, 0.29) is 17.9 Å². The van der Waals surface area contributed by atoms with Crippen LogP contribution < -0.4 is 4.74 Å². The maximum Gasteiger partial charge on any atom is 0.225 e. The van der Waals surface area contributed by atoms with Crippen molar-refractivity contribution in [3.05, 3.63) is 23.4 Å². The van der Waals surface area contributed by atoms with Crippen LogP contribution in [0.15, 0.2) is 12.3 Å². The molecule has 0 unspecified atom stereocenters. The lowest BCUT2D eigenvalue weighted by Crippen LogP contribution is -2.62. The van der Waals surface area contributed by atoms with Gasteiger partial charge in [0.25, 0.3) is 0 Å². The van der Waals surface area contributed by atoms with Gasteiger partial charge in [0, 0.05) is 36.2 Å². The van der Waals surface area contributed by atoms with Crippen molar-refractivity contribution in [1.82, 2.24) is 9.88 Å². The Morgan fingerprint density at radius 1 is 1.29 bits per heavy atom. The van der Waals surface area contributed by atoms with Gasteiger partial charge >= 0.3 is 0 Å². The molecule has 5 nitrogen and oxygen atoms in total. The van der Waals surface area contributed by atoms with Crippen LogP contribution in [0.1, 0.15) is 76.3 Å². The molecule has 0 radical (unpaired) electrons. The Kier molecular flexibility index (Phi) is 4.93. The first-order valence-corrected chi connectivity index (χ1v) is 10.8. The van der Waals surface area contributed by atoms with Crippen LogP contribution in [0.25, 0.3) is 0 Å². The van der Waals surface area contributed by atoms with E-state index in [2.05, 4.69) is 18.0 Å². The van der Waals surface area contributed by atoms with Gasteiger partial charge in [-0.15, -0.1) is 0 Å². The molecule has 5 heteroatoms. The molecular formula is C23H34N2O3. The van der Waals surface area contributed by atoms with E-state index in [1.807, 2.05) is 31.9 Å². The Morgan fingerprint density at radius 2 is 1.93 bits per heavy atom. The van der Waals surface area contributed by atoms with Crippen LogP contribution in [0.2, 0.25) is 0 Å². The molecule has 0 atom stereocenters. The summed E-state index contributed by atoms with van der Waals surface area (Å²) >= 11 is 0. The first-order chi connectivity index (χ1) is 13.2.